The van der Waals surface area contributed by atoms with Crippen molar-refractivity contribution in [2.24, 2.45) is 0 Å². The van der Waals surface area contributed by atoms with Crippen molar-refractivity contribution in [3.05, 3.63) is 41.6 Å². The molecular weight excluding hydrogens is 292 g/mol. The van der Waals surface area contributed by atoms with Gasteiger partial charge in [-0.25, -0.2) is 9.48 Å². The van der Waals surface area contributed by atoms with Gasteiger partial charge in [0.2, 0.25) is 0 Å². The van der Waals surface area contributed by atoms with Crippen LogP contribution in [0.5, 0.6) is 0 Å². The molecule has 0 aliphatic rings. The van der Waals surface area contributed by atoms with Crippen LogP contribution < -0.4 is 10.6 Å². The Labute approximate surface area is 136 Å². The number of urea groups is 1. The monoisotopic (exact) mass is 316 g/mol. The Hall–Kier alpha value is -2.34. The molecule has 2 amide bonds. The third kappa shape index (κ3) is 4.82. The van der Waals surface area contributed by atoms with Crippen LogP contribution in [0.4, 0.5) is 10.6 Å². The molecule has 0 saturated heterocycles. The maximum atomic E-state index is 12.0. The van der Waals surface area contributed by atoms with Crippen molar-refractivity contribution in [2.45, 2.75) is 39.7 Å². The Morgan fingerprint density at radius 2 is 2.00 bits per heavy atom. The van der Waals surface area contributed by atoms with Gasteiger partial charge in [-0.3, -0.25) is 5.32 Å². The van der Waals surface area contributed by atoms with Crippen LogP contribution in [-0.4, -0.2) is 33.6 Å². The second kappa shape index (κ2) is 7.78. The second-order valence-corrected chi connectivity index (χ2v) is 5.78. The van der Waals surface area contributed by atoms with Crippen molar-refractivity contribution in [2.75, 3.05) is 11.9 Å². The summed E-state index contributed by atoms with van der Waals surface area (Å²) in [7, 11) is 0. The van der Waals surface area contributed by atoms with Gasteiger partial charge in [-0.15, -0.1) is 5.10 Å². The lowest BCUT2D eigenvalue weighted by Gasteiger charge is -2.13. The SMILES string of the molecule is Cc1ccc(-n2nc(NC(=O)NC(C)CCCO)cc2C)cc1. The quantitative estimate of drug-likeness (QED) is 0.766. The average Bonchev–Trinajstić information content (AvgIpc) is 2.86. The number of benzene rings is 1. The van der Waals surface area contributed by atoms with Crippen LogP contribution in [0.1, 0.15) is 31.0 Å². The molecule has 0 spiro atoms. The number of aliphatic hydroxyl groups excluding tert-OH is 1. The number of amides is 2. The molecule has 23 heavy (non-hydrogen) atoms. The van der Waals surface area contributed by atoms with Crippen LogP contribution in [0.3, 0.4) is 0 Å². The summed E-state index contributed by atoms with van der Waals surface area (Å²) < 4.78 is 1.80. The maximum Gasteiger partial charge on any atom is 0.320 e. The first-order chi connectivity index (χ1) is 11.0. The molecule has 0 aliphatic heterocycles. The highest BCUT2D eigenvalue weighted by Gasteiger charge is 2.11. The first-order valence-corrected chi connectivity index (χ1v) is 7.81. The third-order valence-electron chi connectivity index (χ3n) is 3.58. The van der Waals surface area contributed by atoms with Gasteiger partial charge in [0.1, 0.15) is 0 Å². The number of rotatable bonds is 6. The largest absolute Gasteiger partial charge is 0.396 e. The van der Waals surface area contributed by atoms with E-state index in [1.807, 2.05) is 51.1 Å². The molecule has 1 aromatic heterocycles. The Balaban J connectivity index is 2.00. The summed E-state index contributed by atoms with van der Waals surface area (Å²) in [6.45, 7) is 6.02. The van der Waals surface area contributed by atoms with Crippen molar-refractivity contribution < 1.29 is 9.90 Å². The van der Waals surface area contributed by atoms with Gasteiger partial charge in [0.05, 0.1) is 5.69 Å². The standard InChI is InChI=1S/C17H24N4O2/c1-12-6-8-15(9-7-12)21-14(3)11-16(20-21)19-17(23)18-13(2)5-4-10-22/h6-9,11,13,22H,4-5,10H2,1-3H3,(H2,18,19,20,23). The fourth-order valence-corrected chi connectivity index (χ4v) is 2.33. The normalized spacial score (nSPS) is 12.0. The van der Waals surface area contributed by atoms with Crippen LogP contribution in [-0.2, 0) is 0 Å². The molecule has 1 atom stereocenters. The molecule has 1 aromatic carbocycles. The van der Waals surface area contributed by atoms with Gasteiger partial charge in [-0.1, -0.05) is 17.7 Å². The first kappa shape index (κ1) is 17.0. The molecule has 0 saturated carbocycles. The number of nitrogens with one attached hydrogen (secondary N) is 2. The summed E-state index contributed by atoms with van der Waals surface area (Å²) in [6.07, 6.45) is 1.41. The Kier molecular flexibility index (Phi) is 5.76. The van der Waals surface area contributed by atoms with E-state index in [-0.39, 0.29) is 18.7 Å². The molecule has 2 rings (SSSR count). The summed E-state index contributed by atoms with van der Waals surface area (Å²) in [5.74, 6) is 0.509. The number of anilines is 1. The molecule has 0 radical (unpaired) electrons. The molecule has 3 N–H and O–H groups in total. The number of aromatic nitrogens is 2. The van der Waals surface area contributed by atoms with E-state index in [1.54, 1.807) is 4.68 Å². The minimum atomic E-state index is -0.288. The van der Waals surface area contributed by atoms with Crippen molar-refractivity contribution >= 4 is 11.8 Å². The Bertz CT molecular complexity index is 649. The zero-order valence-electron chi connectivity index (χ0n) is 13.8. The predicted octanol–water partition coefficient (Wildman–Crippen LogP) is 2.77. The summed E-state index contributed by atoms with van der Waals surface area (Å²) in [6, 6.07) is 9.59. The molecule has 1 heterocycles. The van der Waals surface area contributed by atoms with Gasteiger partial charge in [-0.05, 0) is 45.7 Å². The Morgan fingerprint density at radius 1 is 1.30 bits per heavy atom. The number of hydrogen-bond acceptors (Lipinski definition) is 3. The fourth-order valence-electron chi connectivity index (χ4n) is 2.33. The van der Waals surface area contributed by atoms with Gasteiger partial charge >= 0.3 is 6.03 Å². The smallest absolute Gasteiger partial charge is 0.320 e. The lowest BCUT2D eigenvalue weighted by molar-refractivity contribution is 0.245. The molecule has 0 aliphatic carbocycles. The van der Waals surface area contributed by atoms with Crippen LogP contribution in [0.15, 0.2) is 30.3 Å². The van der Waals surface area contributed by atoms with E-state index >= 15 is 0 Å². The lowest BCUT2D eigenvalue weighted by Crippen LogP contribution is -2.36. The van der Waals surface area contributed by atoms with E-state index in [9.17, 15) is 4.79 Å². The minimum absolute atomic E-state index is 0.00225. The van der Waals surface area contributed by atoms with E-state index in [2.05, 4.69) is 15.7 Å². The van der Waals surface area contributed by atoms with Crippen LogP contribution >= 0.6 is 0 Å². The minimum Gasteiger partial charge on any atom is -0.396 e. The van der Waals surface area contributed by atoms with Gasteiger partial charge < -0.3 is 10.4 Å². The molecule has 6 heteroatoms. The lowest BCUT2D eigenvalue weighted by atomic mass is 10.2. The first-order valence-electron chi connectivity index (χ1n) is 7.81. The van der Waals surface area contributed by atoms with E-state index in [0.717, 1.165) is 17.8 Å². The molecule has 124 valence electrons. The van der Waals surface area contributed by atoms with Gasteiger partial charge in [-0.2, -0.15) is 0 Å². The van der Waals surface area contributed by atoms with Crippen LogP contribution in [0.2, 0.25) is 0 Å². The topological polar surface area (TPSA) is 79.2 Å². The number of carbonyl (C=O) groups excluding carboxylic acids is 1. The molecule has 2 aromatic rings. The highest BCUT2D eigenvalue weighted by Crippen LogP contribution is 2.15. The average molecular weight is 316 g/mol. The maximum absolute atomic E-state index is 12.0. The summed E-state index contributed by atoms with van der Waals surface area (Å²) in [4.78, 5) is 12.0. The Morgan fingerprint density at radius 3 is 2.65 bits per heavy atom. The van der Waals surface area contributed by atoms with Crippen molar-refractivity contribution in [3.63, 3.8) is 0 Å². The van der Waals surface area contributed by atoms with Gasteiger partial charge in [0, 0.05) is 24.4 Å². The summed E-state index contributed by atoms with van der Waals surface area (Å²) in [5.41, 5.74) is 3.09. The fraction of sp³-hybridized carbons (Fsp3) is 0.412. The van der Waals surface area contributed by atoms with E-state index < -0.39 is 0 Å². The van der Waals surface area contributed by atoms with Crippen molar-refractivity contribution in [1.29, 1.82) is 0 Å². The second-order valence-electron chi connectivity index (χ2n) is 5.78. The number of aliphatic hydroxyl groups is 1. The number of carbonyl (C=O) groups is 1. The van der Waals surface area contributed by atoms with Crippen LogP contribution in [0, 0.1) is 13.8 Å². The van der Waals surface area contributed by atoms with Crippen molar-refractivity contribution in [1.82, 2.24) is 15.1 Å². The van der Waals surface area contributed by atoms with Crippen molar-refractivity contribution in [3.8, 4) is 5.69 Å². The molecule has 6 nitrogen and oxygen atoms in total. The molecule has 0 fully saturated rings. The molecule has 1 unspecified atom stereocenters. The van der Waals surface area contributed by atoms with Gasteiger partial charge in [0.15, 0.2) is 5.82 Å². The predicted molar refractivity (Wildman–Crippen MR) is 91.0 cm³/mol. The highest BCUT2D eigenvalue weighted by atomic mass is 16.3. The van der Waals surface area contributed by atoms with E-state index in [0.29, 0.717) is 12.2 Å². The number of aryl methyl sites for hydroxylation is 2. The number of nitrogens with zero attached hydrogens (tertiary/aromatic N) is 2. The highest BCUT2D eigenvalue weighted by molar-refractivity contribution is 5.88. The molecular formula is C17H24N4O2. The third-order valence-corrected chi connectivity index (χ3v) is 3.58. The zero-order chi connectivity index (χ0) is 16.8. The van der Waals surface area contributed by atoms with Crippen LogP contribution in [0.25, 0.3) is 5.69 Å². The van der Waals surface area contributed by atoms with E-state index in [1.165, 1.54) is 5.56 Å². The summed E-state index contributed by atoms with van der Waals surface area (Å²) >= 11 is 0. The summed E-state index contributed by atoms with van der Waals surface area (Å²) in [5, 5.41) is 18.8. The van der Waals surface area contributed by atoms with E-state index in [4.69, 9.17) is 5.11 Å². The van der Waals surface area contributed by atoms with Gasteiger partial charge in [0.25, 0.3) is 0 Å². The molecule has 0 bridgehead atoms. The zero-order valence-corrected chi connectivity index (χ0v) is 13.8. The number of hydrogen-bond donors (Lipinski definition) is 3.